The molecule has 0 aliphatic carbocycles. The number of carbonyl (C=O) groups excluding carboxylic acids is 1. The van der Waals surface area contributed by atoms with Crippen LogP contribution in [0.2, 0.25) is 0 Å². The van der Waals surface area contributed by atoms with Crippen LogP contribution in [0.5, 0.6) is 5.75 Å². The molecule has 1 aromatic carbocycles. The third-order valence-electron chi connectivity index (χ3n) is 2.90. The molecule has 0 saturated carbocycles. The Kier molecular flexibility index (Phi) is 4.85. The first-order chi connectivity index (χ1) is 8.99. The number of ether oxygens (including phenoxy) is 1. The Labute approximate surface area is 122 Å². The van der Waals surface area contributed by atoms with E-state index in [2.05, 4.69) is 26.1 Å². The van der Waals surface area contributed by atoms with E-state index < -0.39 is 6.10 Å². The first-order valence-corrected chi connectivity index (χ1v) is 7.08. The van der Waals surface area contributed by atoms with Crippen molar-refractivity contribution in [2.75, 3.05) is 0 Å². The Morgan fingerprint density at radius 2 is 1.55 bits per heavy atom. The number of hydrogen-bond acceptors (Lipinski definition) is 2. The summed E-state index contributed by atoms with van der Waals surface area (Å²) in [6, 6.07) is 7.93. The van der Waals surface area contributed by atoms with Crippen LogP contribution in [0.1, 0.15) is 54.0 Å². The molecule has 0 aliphatic heterocycles. The molecular formula is C17H27NO2. The maximum absolute atomic E-state index is 12.0. The quantitative estimate of drug-likeness (QED) is 0.915. The SMILES string of the molecule is CC(Oc1ccc(C(C)(C)C)cc1)C(=O)NC(C)(C)C. The Balaban J connectivity index is 2.67. The fourth-order valence-corrected chi connectivity index (χ4v) is 1.76. The highest BCUT2D eigenvalue weighted by atomic mass is 16.5. The molecule has 0 bridgehead atoms. The molecule has 0 heterocycles. The highest BCUT2D eigenvalue weighted by Gasteiger charge is 2.20. The van der Waals surface area contributed by atoms with Crippen molar-refractivity contribution in [3.8, 4) is 5.75 Å². The van der Waals surface area contributed by atoms with Crippen molar-refractivity contribution >= 4 is 5.91 Å². The summed E-state index contributed by atoms with van der Waals surface area (Å²) in [5.41, 5.74) is 1.12. The zero-order valence-electron chi connectivity index (χ0n) is 13.7. The number of nitrogens with one attached hydrogen (secondary N) is 1. The minimum absolute atomic E-state index is 0.0996. The molecule has 1 atom stereocenters. The lowest BCUT2D eigenvalue weighted by molar-refractivity contribution is -0.128. The molecule has 1 rings (SSSR count). The van der Waals surface area contributed by atoms with E-state index in [1.807, 2.05) is 45.0 Å². The molecule has 0 saturated heterocycles. The minimum Gasteiger partial charge on any atom is -0.481 e. The molecule has 1 aromatic rings. The zero-order valence-corrected chi connectivity index (χ0v) is 13.7. The average molecular weight is 277 g/mol. The van der Waals surface area contributed by atoms with Gasteiger partial charge in [-0.2, -0.15) is 0 Å². The maximum Gasteiger partial charge on any atom is 0.261 e. The van der Waals surface area contributed by atoms with Gasteiger partial charge in [0.05, 0.1) is 0 Å². The minimum atomic E-state index is -0.505. The molecule has 0 spiro atoms. The second-order valence-corrected chi connectivity index (χ2v) is 7.27. The van der Waals surface area contributed by atoms with Gasteiger partial charge in [-0.05, 0) is 50.8 Å². The van der Waals surface area contributed by atoms with E-state index in [-0.39, 0.29) is 16.9 Å². The van der Waals surface area contributed by atoms with Crippen molar-refractivity contribution in [1.29, 1.82) is 0 Å². The Hall–Kier alpha value is -1.51. The van der Waals surface area contributed by atoms with Gasteiger partial charge in [-0.1, -0.05) is 32.9 Å². The fraction of sp³-hybridized carbons (Fsp3) is 0.588. The molecule has 20 heavy (non-hydrogen) atoms. The first-order valence-electron chi connectivity index (χ1n) is 7.08. The molecule has 3 nitrogen and oxygen atoms in total. The van der Waals surface area contributed by atoms with Crippen LogP contribution in [0.15, 0.2) is 24.3 Å². The van der Waals surface area contributed by atoms with Crippen LogP contribution in [0, 0.1) is 0 Å². The van der Waals surface area contributed by atoms with Gasteiger partial charge in [-0.25, -0.2) is 0 Å². The third kappa shape index (κ3) is 5.24. The number of rotatable bonds is 3. The first kappa shape index (κ1) is 16.5. The lowest BCUT2D eigenvalue weighted by Crippen LogP contribution is -2.46. The number of amides is 1. The predicted octanol–water partition coefficient (Wildman–Crippen LogP) is 3.67. The van der Waals surface area contributed by atoms with E-state index in [0.717, 1.165) is 5.75 Å². The van der Waals surface area contributed by atoms with Crippen LogP contribution in [0.25, 0.3) is 0 Å². The molecule has 3 heteroatoms. The molecule has 0 fully saturated rings. The van der Waals surface area contributed by atoms with Crippen molar-refractivity contribution in [2.24, 2.45) is 0 Å². The average Bonchev–Trinajstić information content (AvgIpc) is 2.26. The van der Waals surface area contributed by atoms with Crippen LogP contribution in [-0.4, -0.2) is 17.6 Å². The Morgan fingerprint density at radius 3 is 1.95 bits per heavy atom. The van der Waals surface area contributed by atoms with E-state index in [4.69, 9.17) is 4.74 Å². The Bertz CT molecular complexity index is 449. The highest BCUT2D eigenvalue weighted by Crippen LogP contribution is 2.24. The van der Waals surface area contributed by atoms with Gasteiger partial charge in [-0.3, -0.25) is 4.79 Å². The topological polar surface area (TPSA) is 38.3 Å². The van der Waals surface area contributed by atoms with E-state index in [0.29, 0.717) is 0 Å². The second-order valence-electron chi connectivity index (χ2n) is 7.27. The number of hydrogen-bond donors (Lipinski definition) is 1. The smallest absolute Gasteiger partial charge is 0.261 e. The third-order valence-corrected chi connectivity index (χ3v) is 2.90. The summed E-state index contributed by atoms with van der Waals surface area (Å²) in [7, 11) is 0. The molecule has 1 unspecified atom stereocenters. The van der Waals surface area contributed by atoms with Gasteiger partial charge in [0.15, 0.2) is 6.10 Å². The van der Waals surface area contributed by atoms with Gasteiger partial charge < -0.3 is 10.1 Å². The van der Waals surface area contributed by atoms with Gasteiger partial charge in [0.1, 0.15) is 5.75 Å². The van der Waals surface area contributed by atoms with Crippen LogP contribution < -0.4 is 10.1 Å². The molecular weight excluding hydrogens is 250 g/mol. The normalized spacial score (nSPS) is 13.8. The lowest BCUT2D eigenvalue weighted by Gasteiger charge is -2.24. The predicted molar refractivity (Wildman–Crippen MR) is 83.1 cm³/mol. The van der Waals surface area contributed by atoms with Crippen molar-refractivity contribution in [3.63, 3.8) is 0 Å². The maximum atomic E-state index is 12.0. The van der Waals surface area contributed by atoms with Crippen molar-refractivity contribution in [1.82, 2.24) is 5.32 Å². The van der Waals surface area contributed by atoms with Crippen LogP contribution >= 0.6 is 0 Å². The van der Waals surface area contributed by atoms with Gasteiger partial charge >= 0.3 is 0 Å². The zero-order chi connectivity index (χ0) is 15.6. The van der Waals surface area contributed by atoms with Crippen molar-refractivity contribution in [3.05, 3.63) is 29.8 Å². The molecule has 112 valence electrons. The van der Waals surface area contributed by atoms with Crippen molar-refractivity contribution < 1.29 is 9.53 Å². The van der Waals surface area contributed by atoms with Gasteiger partial charge in [-0.15, -0.1) is 0 Å². The van der Waals surface area contributed by atoms with Gasteiger partial charge in [0.25, 0.3) is 5.91 Å². The lowest BCUT2D eigenvalue weighted by atomic mass is 9.87. The van der Waals surface area contributed by atoms with Gasteiger partial charge in [0.2, 0.25) is 0 Å². The second kappa shape index (κ2) is 5.86. The molecule has 0 aliphatic rings. The highest BCUT2D eigenvalue weighted by molar-refractivity contribution is 5.81. The monoisotopic (exact) mass is 277 g/mol. The summed E-state index contributed by atoms with van der Waals surface area (Å²) in [5, 5.41) is 2.91. The van der Waals surface area contributed by atoms with Gasteiger partial charge in [0, 0.05) is 5.54 Å². The van der Waals surface area contributed by atoms with Crippen molar-refractivity contribution in [2.45, 2.75) is 65.5 Å². The van der Waals surface area contributed by atoms with Crippen LogP contribution in [0.4, 0.5) is 0 Å². The molecule has 1 amide bonds. The summed E-state index contributed by atoms with van der Waals surface area (Å²) >= 11 is 0. The van der Waals surface area contributed by atoms with E-state index >= 15 is 0 Å². The van der Waals surface area contributed by atoms with Crippen LogP contribution in [0.3, 0.4) is 0 Å². The number of carbonyl (C=O) groups is 1. The van der Waals surface area contributed by atoms with E-state index in [9.17, 15) is 4.79 Å². The largest absolute Gasteiger partial charge is 0.481 e. The van der Waals surface area contributed by atoms with E-state index in [1.165, 1.54) is 5.56 Å². The summed E-state index contributed by atoms with van der Waals surface area (Å²) < 4.78 is 5.68. The van der Waals surface area contributed by atoms with E-state index in [1.54, 1.807) is 6.92 Å². The Morgan fingerprint density at radius 1 is 1.05 bits per heavy atom. The summed E-state index contributed by atoms with van der Waals surface area (Å²) in [6.45, 7) is 14.1. The molecule has 0 radical (unpaired) electrons. The number of benzene rings is 1. The summed E-state index contributed by atoms with van der Waals surface area (Å²) in [6.07, 6.45) is -0.505. The standard InChI is InChI=1S/C17H27NO2/c1-12(15(19)18-17(5,6)7)20-14-10-8-13(9-11-14)16(2,3)4/h8-12H,1-7H3,(H,18,19). The summed E-state index contributed by atoms with van der Waals surface area (Å²) in [5.74, 6) is 0.618. The molecule has 0 aromatic heterocycles. The summed E-state index contributed by atoms with van der Waals surface area (Å²) in [4.78, 5) is 12.0. The van der Waals surface area contributed by atoms with Crippen LogP contribution in [-0.2, 0) is 10.2 Å². The fourth-order valence-electron chi connectivity index (χ4n) is 1.76. The molecule has 1 N–H and O–H groups in total.